The van der Waals surface area contributed by atoms with Crippen LogP contribution in [0.4, 0.5) is 0 Å². The lowest BCUT2D eigenvalue weighted by Crippen LogP contribution is -2.38. The van der Waals surface area contributed by atoms with Crippen molar-refractivity contribution in [2.75, 3.05) is 0 Å². The number of Topliss-reactive ketones (excluding diaryl/α,β-unsaturated/α-hetero) is 1. The highest BCUT2D eigenvalue weighted by Gasteiger charge is 2.39. The van der Waals surface area contributed by atoms with E-state index in [1.165, 1.54) is 0 Å². The Kier molecular flexibility index (Phi) is 3.96. The van der Waals surface area contributed by atoms with Crippen LogP contribution in [0.3, 0.4) is 0 Å². The van der Waals surface area contributed by atoms with Crippen molar-refractivity contribution in [1.82, 2.24) is 0 Å². The van der Waals surface area contributed by atoms with E-state index in [1.54, 1.807) is 0 Å². The highest BCUT2D eigenvalue weighted by molar-refractivity contribution is 7.46. The molecule has 7 heteroatoms. The third-order valence-corrected chi connectivity index (χ3v) is 1.78. The Balaban J connectivity index is 4.70. The SMILES string of the molecule is C=CCC(O)(OP(=O)(O)O)C(C)=O. The van der Waals surface area contributed by atoms with Gasteiger partial charge >= 0.3 is 7.82 Å². The zero-order chi connectivity index (χ0) is 10.7. The summed E-state index contributed by atoms with van der Waals surface area (Å²) >= 11 is 0. The number of aliphatic hydroxyl groups is 1. The molecule has 0 saturated heterocycles. The van der Waals surface area contributed by atoms with Crippen molar-refractivity contribution >= 4 is 13.6 Å². The van der Waals surface area contributed by atoms with Crippen LogP contribution in [0, 0.1) is 0 Å². The van der Waals surface area contributed by atoms with Crippen molar-refractivity contribution in [3.05, 3.63) is 12.7 Å². The van der Waals surface area contributed by atoms with E-state index < -0.39 is 19.4 Å². The summed E-state index contributed by atoms with van der Waals surface area (Å²) in [5, 5.41) is 9.29. The Morgan fingerprint density at radius 2 is 2.15 bits per heavy atom. The van der Waals surface area contributed by atoms with E-state index in [1.807, 2.05) is 0 Å². The molecule has 0 aromatic rings. The molecule has 6 nitrogen and oxygen atoms in total. The maximum Gasteiger partial charge on any atom is 0.472 e. The summed E-state index contributed by atoms with van der Waals surface area (Å²) in [7, 11) is -4.89. The molecular weight excluding hydrogens is 199 g/mol. The van der Waals surface area contributed by atoms with Crippen molar-refractivity contribution < 1.29 is 28.8 Å². The lowest BCUT2D eigenvalue weighted by molar-refractivity contribution is -0.173. The molecule has 0 heterocycles. The second-order valence-corrected chi connectivity index (χ2v) is 3.58. The molecule has 0 amide bonds. The largest absolute Gasteiger partial charge is 0.472 e. The van der Waals surface area contributed by atoms with Crippen LogP contribution >= 0.6 is 7.82 Å². The van der Waals surface area contributed by atoms with Crippen LogP contribution in [-0.4, -0.2) is 26.5 Å². The molecule has 76 valence electrons. The van der Waals surface area contributed by atoms with Gasteiger partial charge in [-0.15, -0.1) is 6.58 Å². The third kappa shape index (κ3) is 4.31. The quantitative estimate of drug-likeness (QED) is 0.334. The van der Waals surface area contributed by atoms with Gasteiger partial charge in [-0.05, 0) is 0 Å². The second kappa shape index (κ2) is 4.13. The number of hydrogen-bond acceptors (Lipinski definition) is 4. The fourth-order valence-electron chi connectivity index (χ4n) is 0.638. The number of rotatable bonds is 5. The molecule has 0 saturated carbocycles. The number of phosphoric acid groups is 1. The Hall–Kier alpha value is -0.520. The van der Waals surface area contributed by atoms with Gasteiger partial charge < -0.3 is 14.9 Å². The molecule has 0 aliphatic carbocycles. The van der Waals surface area contributed by atoms with Crippen molar-refractivity contribution in [2.24, 2.45) is 0 Å². The zero-order valence-electron chi connectivity index (χ0n) is 7.01. The first kappa shape index (κ1) is 12.5. The van der Waals surface area contributed by atoms with Gasteiger partial charge in [-0.2, -0.15) is 0 Å². The number of ketones is 1. The topological polar surface area (TPSA) is 104 Å². The summed E-state index contributed by atoms with van der Waals surface area (Å²) < 4.78 is 14.3. The molecule has 0 rings (SSSR count). The van der Waals surface area contributed by atoms with E-state index in [0.717, 1.165) is 13.0 Å². The predicted molar refractivity (Wildman–Crippen MR) is 43.6 cm³/mol. The lowest BCUT2D eigenvalue weighted by Gasteiger charge is -2.23. The van der Waals surface area contributed by atoms with E-state index >= 15 is 0 Å². The Bertz CT molecular complexity index is 256. The van der Waals surface area contributed by atoms with Gasteiger partial charge in [-0.1, -0.05) is 6.08 Å². The van der Waals surface area contributed by atoms with Crippen LogP contribution in [0.15, 0.2) is 12.7 Å². The molecule has 0 aliphatic heterocycles. The standard InChI is InChI=1S/C6H11O6P/c1-3-4-6(8,5(2)7)12-13(9,10)11/h3,8H,1,4H2,2H3,(H2,9,10,11). The molecule has 0 aromatic carbocycles. The first-order valence-electron chi connectivity index (χ1n) is 3.32. The molecule has 0 radical (unpaired) electrons. The minimum Gasteiger partial charge on any atom is -0.359 e. The van der Waals surface area contributed by atoms with E-state index in [2.05, 4.69) is 11.1 Å². The predicted octanol–water partition coefficient (Wildman–Crippen LogP) is -0.0506. The Morgan fingerprint density at radius 3 is 2.38 bits per heavy atom. The van der Waals surface area contributed by atoms with E-state index in [-0.39, 0.29) is 6.42 Å². The lowest BCUT2D eigenvalue weighted by atomic mass is 10.1. The second-order valence-electron chi connectivity index (χ2n) is 2.42. The molecule has 0 aromatic heterocycles. The average Bonchev–Trinajstić information content (AvgIpc) is 1.82. The highest BCUT2D eigenvalue weighted by atomic mass is 31.2. The third-order valence-electron chi connectivity index (χ3n) is 1.24. The number of carbonyl (C=O) groups is 1. The molecule has 0 spiro atoms. The minimum absolute atomic E-state index is 0.382. The normalized spacial score (nSPS) is 16.3. The number of phosphoric ester groups is 1. The van der Waals surface area contributed by atoms with Gasteiger partial charge in [0, 0.05) is 13.3 Å². The fourth-order valence-corrected chi connectivity index (χ4v) is 1.23. The Labute approximate surface area is 75.1 Å². The molecular formula is C6H11O6P. The maximum atomic E-state index is 10.8. The summed E-state index contributed by atoms with van der Waals surface area (Å²) in [5.41, 5.74) is 0. The van der Waals surface area contributed by atoms with Gasteiger partial charge in [0.05, 0.1) is 0 Å². The van der Waals surface area contributed by atoms with Gasteiger partial charge in [0.25, 0.3) is 0 Å². The smallest absolute Gasteiger partial charge is 0.359 e. The molecule has 0 fully saturated rings. The van der Waals surface area contributed by atoms with Crippen molar-refractivity contribution in [3.63, 3.8) is 0 Å². The summed E-state index contributed by atoms with van der Waals surface area (Å²) in [6.07, 6.45) is 0.741. The molecule has 0 aliphatic rings. The van der Waals surface area contributed by atoms with Gasteiger partial charge in [-0.25, -0.2) is 9.09 Å². The van der Waals surface area contributed by atoms with E-state index in [9.17, 15) is 14.5 Å². The first-order valence-corrected chi connectivity index (χ1v) is 4.85. The summed E-state index contributed by atoms with van der Waals surface area (Å²) in [6.45, 7) is 4.17. The first-order chi connectivity index (χ1) is 5.71. The zero-order valence-corrected chi connectivity index (χ0v) is 7.90. The summed E-state index contributed by atoms with van der Waals surface area (Å²) in [5.74, 6) is -3.38. The van der Waals surface area contributed by atoms with Gasteiger partial charge in [0.1, 0.15) is 0 Å². The van der Waals surface area contributed by atoms with Gasteiger partial charge in [-0.3, -0.25) is 4.79 Å². The highest BCUT2D eigenvalue weighted by Crippen LogP contribution is 2.41. The van der Waals surface area contributed by atoms with Crippen LogP contribution in [-0.2, 0) is 13.9 Å². The molecule has 3 N–H and O–H groups in total. The Morgan fingerprint density at radius 1 is 1.69 bits per heavy atom. The minimum atomic E-state index is -4.89. The van der Waals surface area contributed by atoms with Crippen molar-refractivity contribution in [1.29, 1.82) is 0 Å². The summed E-state index contributed by atoms with van der Waals surface area (Å²) in [6, 6.07) is 0. The molecule has 0 bridgehead atoms. The van der Waals surface area contributed by atoms with Crippen LogP contribution < -0.4 is 0 Å². The van der Waals surface area contributed by atoms with Crippen LogP contribution in [0.1, 0.15) is 13.3 Å². The van der Waals surface area contributed by atoms with Crippen LogP contribution in [0.2, 0.25) is 0 Å². The monoisotopic (exact) mass is 210 g/mol. The molecule has 1 unspecified atom stereocenters. The fraction of sp³-hybridized carbons (Fsp3) is 0.500. The van der Waals surface area contributed by atoms with E-state index in [4.69, 9.17) is 9.79 Å². The van der Waals surface area contributed by atoms with Gasteiger partial charge in [0.2, 0.25) is 5.79 Å². The number of hydrogen-bond donors (Lipinski definition) is 3. The van der Waals surface area contributed by atoms with Crippen LogP contribution in [0.25, 0.3) is 0 Å². The van der Waals surface area contributed by atoms with Crippen LogP contribution in [0.5, 0.6) is 0 Å². The van der Waals surface area contributed by atoms with E-state index in [0.29, 0.717) is 0 Å². The molecule has 13 heavy (non-hydrogen) atoms. The molecule has 1 atom stereocenters. The maximum absolute atomic E-state index is 10.8. The average molecular weight is 210 g/mol. The number of carbonyl (C=O) groups excluding carboxylic acids is 1. The van der Waals surface area contributed by atoms with Crippen molar-refractivity contribution in [3.8, 4) is 0 Å². The summed E-state index contributed by atoms with van der Waals surface area (Å²) in [4.78, 5) is 27.5. The van der Waals surface area contributed by atoms with Gasteiger partial charge in [0.15, 0.2) is 5.78 Å². The van der Waals surface area contributed by atoms with Crippen molar-refractivity contribution in [2.45, 2.75) is 19.1 Å².